The van der Waals surface area contributed by atoms with Gasteiger partial charge in [0.2, 0.25) is 0 Å². The van der Waals surface area contributed by atoms with E-state index in [9.17, 15) is 8.78 Å². The van der Waals surface area contributed by atoms with Crippen molar-refractivity contribution >= 4 is 0 Å². The van der Waals surface area contributed by atoms with Crippen LogP contribution < -0.4 is 5.32 Å². The van der Waals surface area contributed by atoms with Crippen LogP contribution in [0.4, 0.5) is 8.78 Å². The third-order valence-electron chi connectivity index (χ3n) is 3.46. The van der Waals surface area contributed by atoms with Crippen LogP contribution in [0, 0.1) is 17.6 Å². The Hall–Kier alpha value is -0.960. The van der Waals surface area contributed by atoms with Crippen molar-refractivity contribution in [2.24, 2.45) is 5.92 Å². The van der Waals surface area contributed by atoms with Crippen molar-refractivity contribution in [2.75, 3.05) is 6.54 Å². The van der Waals surface area contributed by atoms with Crippen LogP contribution in [0.5, 0.6) is 0 Å². The second kappa shape index (κ2) is 7.47. The lowest BCUT2D eigenvalue weighted by atomic mass is 9.90. The largest absolute Gasteiger partial charge is 0.314 e. The summed E-state index contributed by atoms with van der Waals surface area (Å²) in [4.78, 5) is 0. The van der Waals surface area contributed by atoms with E-state index in [1.165, 1.54) is 6.07 Å². The molecule has 1 aromatic carbocycles. The zero-order chi connectivity index (χ0) is 13.5. The summed E-state index contributed by atoms with van der Waals surface area (Å²) in [6.07, 6.45) is 2.61. The average molecular weight is 255 g/mol. The molecule has 1 aromatic rings. The fourth-order valence-electron chi connectivity index (χ4n) is 2.20. The smallest absolute Gasteiger partial charge is 0.162 e. The summed E-state index contributed by atoms with van der Waals surface area (Å²) in [5.74, 6) is -1.12. The molecule has 1 nitrogen and oxygen atoms in total. The van der Waals surface area contributed by atoms with E-state index >= 15 is 0 Å². The summed E-state index contributed by atoms with van der Waals surface area (Å²) < 4.78 is 26.8. The molecule has 0 radical (unpaired) electrons. The van der Waals surface area contributed by atoms with Crippen LogP contribution in [0.2, 0.25) is 0 Å². The third-order valence-corrected chi connectivity index (χ3v) is 3.46. The first-order valence-corrected chi connectivity index (χ1v) is 6.76. The Labute approximate surface area is 109 Å². The second-order valence-corrected chi connectivity index (χ2v) is 4.83. The molecule has 1 rings (SSSR count). The van der Waals surface area contributed by atoms with Crippen molar-refractivity contribution in [2.45, 2.75) is 46.1 Å². The highest BCUT2D eigenvalue weighted by molar-refractivity contribution is 5.19. The normalized spacial score (nSPS) is 14.5. The molecule has 18 heavy (non-hydrogen) atoms. The molecule has 0 saturated heterocycles. The van der Waals surface area contributed by atoms with Gasteiger partial charge in [-0.3, -0.25) is 0 Å². The van der Waals surface area contributed by atoms with Crippen molar-refractivity contribution in [1.82, 2.24) is 5.32 Å². The number of hydrogen-bond acceptors (Lipinski definition) is 1. The number of benzene rings is 1. The lowest BCUT2D eigenvalue weighted by Crippen LogP contribution is -2.35. The Kier molecular flexibility index (Phi) is 6.27. The number of hydrogen-bond donors (Lipinski definition) is 1. The third kappa shape index (κ3) is 4.05. The van der Waals surface area contributed by atoms with Gasteiger partial charge in [0.15, 0.2) is 11.6 Å². The van der Waals surface area contributed by atoms with Crippen molar-refractivity contribution in [3.63, 3.8) is 0 Å². The van der Waals surface area contributed by atoms with Gasteiger partial charge in [0.25, 0.3) is 0 Å². The van der Waals surface area contributed by atoms with Gasteiger partial charge in [-0.1, -0.05) is 32.4 Å². The molecule has 1 N–H and O–H groups in total. The standard InChI is InChI=1S/C15H23F2N/c1-4-9-18-11(3)12(5-2)10-13-7-6-8-14(16)15(13)17/h6-8,11-12,18H,4-5,9-10H2,1-3H3. The van der Waals surface area contributed by atoms with Crippen molar-refractivity contribution < 1.29 is 8.78 Å². The molecule has 2 unspecified atom stereocenters. The maximum atomic E-state index is 13.6. The van der Waals surface area contributed by atoms with Crippen molar-refractivity contribution in [1.29, 1.82) is 0 Å². The van der Waals surface area contributed by atoms with E-state index in [2.05, 4.69) is 26.1 Å². The monoisotopic (exact) mass is 255 g/mol. The zero-order valence-electron chi connectivity index (χ0n) is 11.5. The Morgan fingerprint density at radius 1 is 1.22 bits per heavy atom. The van der Waals surface area contributed by atoms with E-state index in [4.69, 9.17) is 0 Å². The van der Waals surface area contributed by atoms with Gasteiger partial charge in [0.1, 0.15) is 0 Å². The van der Waals surface area contributed by atoms with Crippen LogP contribution in [0.25, 0.3) is 0 Å². The molecule has 0 aliphatic heterocycles. The summed E-state index contributed by atoms with van der Waals surface area (Å²) in [5.41, 5.74) is 0.479. The topological polar surface area (TPSA) is 12.0 Å². The fourth-order valence-corrected chi connectivity index (χ4v) is 2.20. The Morgan fingerprint density at radius 2 is 1.94 bits per heavy atom. The maximum Gasteiger partial charge on any atom is 0.162 e. The van der Waals surface area contributed by atoms with E-state index < -0.39 is 11.6 Å². The van der Waals surface area contributed by atoms with E-state index in [1.807, 2.05) is 0 Å². The Bertz CT molecular complexity index is 366. The predicted octanol–water partition coefficient (Wildman–Crippen LogP) is 3.92. The van der Waals surface area contributed by atoms with Gasteiger partial charge in [0, 0.05) is 6.04 Å². The van der Waals surface area contributed by atoms with Gasteiger partial charge in [-0.05, 0) is 43.9 Å². The molecule has 0 fully saturated rings. The molecule has 0 saturated carbocycles. The van der Waals surface area contributed by atoms with Gasteiger partial charge in [-0.2, -0.15) is 0 Å². The lowest BCUT2D eigenvalue weighted by Gasteiger charge is -2.24. The van der Waals surface area contributed by atoms with Gasteiger partial charge in [0.05, 0.1) is 0 Å². The number of nitrogens with one attached hydrogen (secondary N) is 1. The van der Waals surface area contributed by atoms with Crippen LogP contribution in [-0.2, 0) is 6.42 Å². The highest BCUT2D eigenvalue weighted by atomic mass is 19.2. The Balaban J connectivity index is 2.70. The molecule has 0 aromatic heterocycles. The summed E-state index contributed by atoms with van der Waals surface area (Å²) in [7, 11) is 0. The molecule has 102 valence electrons. The van der Waals surface area contributed by atoms with Crippen molar-refractivity contribution in [3.8, 4) is 0 Å². The van der Waals surface area contributed by atoms with Crippen molar-refractivity contribution in [3.05, 3.63) is 35.4 Å². The number of halogens is 2. The minimum absolute atomic E-state index is 0.317. The van der Waals surface area contributed by atoms with Gasteiger partial charge >= 0.3 is 0 Å². The second-order valence-electron chi connectivity index (χ2n) is 4.83. The average Bonchev–Trinajstić information content (AvgIpc) is 2.37. The molecule has 0 amide bonds. The summed E-state index contributed by atoms with van der Waals surface area (Å²) in [6, 6.07) is 4.73. The predicted molar refractivity (Wildman–Crippen MR) is 71.6 cm³/mol. The van der Waals surface area contributed by atoms with E-state index in [-0.39, 0.29) is 0 Å². The van der Waals surface area contributed by atoms with Gasteiger partial charge < -0.3 is 5.32 Å². The quantitative estimate of drug-likeness (QED) is 0.778. The van der Waals surface area contributed by atoms with E-state index in [0.717, 1.165) is 19.4 Å². The highest BCUT2D eigenvalue weighted by Crippen LogP contribution is 2.20. The first-order valence-electron chi connectivity index (χ1n) is 6.76. The first kappa shape index (κ1) is 15.1. The highest BCUT2D eigenvalue weighted by Gasteiger charge is 2.18. The molecule has 0 heterocycles. The SMILES string of the molecule is CCCNC(C)C(CC)Cc1cccc(F)c1F. The van der Waals surface area contributed by atoms with Crippen LogP contribution in [0.1, 0.15) is 39.2 Å². The Morgan fingerprint density at radius 3 is 2.56 bits per heavy atom. The molecule has 2 atom stereocenters. The van der Waals surface area contributed by atoms with E-state index in [0.29, 0.717) is 23.9 Å². The van der Waals surface area contributed by atoms with Gasteiger partial charge in [-0.15, -0.1) is 0 Å². The summed E-state index contributed by atoms with van der Waals surface area (Å²) in [6.45, 7) is 7.28. The maximum absolute atomic E-state index is 13.6. The molecule has 0 bridgehead atoms. The van der Waals surface area contributed by atoms with Gasteiger partial charge in [-0.25, -0.2) is 8.78 Å². The summed E-state index contributed by atoms with van der Waals surface area (Å²) in [5, 5.41) is 3.42. The minimum Gasteiger partial charge on any atom is -0.314 e. The van der Waals surface area contributed by atoms with E-state index in [1.54, 1.807) is 12.1 Å². The summed E-state index contributed by atoms with van der Waals surface area (Å²) >= 11 is 0. The van der Waals surface area contributed by atoms with Crippen LogP contribution in [0.3, 0.4) is 0 Å². The zero-order valence-corrected chi connectivity index (χ0v) is 11.5. The first-order chi connectivity index (χ1) is 8.60. The molecule has 0 aliphatic carbocycles. The molecule has 3 heteroatoms. The number of rotatable bonds is 7. The fraction of sp³-hybridized carbons (Fsp3) is 0.600. The molecular weight excluding hydrogens is 232 g/mol. The molecule has 0 aliphatic rings. The lowest BCUT2D eigenvalue weighted by molar-refractivity contribution is 0.356. The van der Waals surface area contributed by atoms with Crippen LogP contribution >= 0.6 is 0 Å². The molecule has 0 spiro atoms. The molecular formula is C15H23F2N. The van der Waals surface area contributed by atoms with Crippen LogP contribution in [-0.4, -0.2) is 12.6 Å². The minimum atomic E-state index is -0.753. The van der Waals surface area contributed by atoms with Crippen LogP contribution in [0.15, 0.2) is 18.2 Å².